The third-order valence-corrected chi connectivity index (χ3v) is 2.40. The molecule has 1 aliphatic rings. The van der Waals surface area contributed by atoms with E-state index in [2.05, 4.69) is 20.5 Å². The Hall–Kier alpha value is -2.17. The first-order valence-electron chi connectivity index (χ1n) is 4.63. The molecule has 74 valence electrons. The van der Waals surface area contributed by atoms with Gasteiger partial charge in [0.05, 0.1) is 11.8 Å². The molecule has 0 fully saturated rings. The van der Waals surface area contributed by atoms with Crippen molar-refractivity contribution < 1.29 is 4.79 Å². The lowest BCUT2D eigenvalue weighted by molar-refractivity contribution is -0.120. The van der Waals surface area contributed by atoms with Gasteiger partial charge in [-0.2, -0.15) is 5.10 Å². The lowest BCUT2D eigenvalue weighted by Crippen LogP contribution is -2.27. The fraction of sp³-hybridized carbons (Fsp3) is 0.100. The highest BCUT2D eigenvalue weighted by Gasteiger charge is 2.05. The number of carbonyl (C=O) groups is 1. The van der Waals surface area contributed by atoms with E-state index in [-0.39, 0.29) is 5.91 Å². The average Bonchev–Trinajstić information content (AvgIpc) is 2.64. The highest BCUT2D eigenvalue weighted by molar-refractivity contribution is 5.82. The second kappa shape index (κ2) is 2.91. The summed E-state index contributed by atoms with van der Waals surface area (Å²) in [5.74, 6) is -0.102. The normalized spacial score (nSPS) is 14.8. The highest BCUT2D eigenvalue weighted by atomic mass is 16.2. The molecule has 2 aromatic rings. The minimum atomic E-state index is -0.102. The van der Waals surface area contributed by atoms with Crippen molar-refractivity contribution in [2.75, 3.05) is 0 Å². The molecule has 0 aliphatic carbocycles. The lowest BCUT2D eigenvalue weighted by Gasteiger charge is -1.91. The van der Waals surface area contributed by atoms with Gasteiger partial charge in [-0.25, -0.2) is 10.4 Å². The molecular weight excluding hydrogens is 192 g/mol. The van der Waals surface area contributed by atoms with Gasteiger partial charge in [-0.05, 0) is 6.07 Å². The number of benzene rings is 1. The number of aromatic nitrogens is 2. The predicted molar refractivity (Wildman–Crippen MR) is 54.1 cm³/mol. The Morgan fingerprint density at radius 2 is 2.27 bits per heavy atom. The Kier molecular flexibility index (Phi) is 1.58. The topological polar surface area (TPSA) is 70.1 Å². The van der Waals surface area contributed by atoms with Crippen LogP contribution in [0.1, 0.15) is 6.42 Å². The fourth-order valence-corrected chi connectivity index (χ4v) is 1.66. The first-order valence-corrected chi connectivity index (χ1v) is 4.63. The Balaban J connectivity index is 2.49. The maximum Gasteiger partial charge on any atom is 0.243 e. The summed E-state index contributed by atoms with van der Waals surface area (Å²) < 4.78 is 0. The van der Waals surface area contributed by atoms with E-state index in [1.807, 2.05) is 18.2 Å². The molecule has 0 saturated heterocycles. The number of amides is 1. The van der Waals surface area contributed by atoms with Gasteiger partial charge in [0.25, 0.3) is 0 Å². The molecule has 0 saturated carbocycles. The third kappa shape index (κ3) is 1.20. The first kappa shape index (κ1) is 8.16. The maximum absolute atomic E-state index is 11.2. The number of imidazole rings is 1. The van der Waals surface area contributed by atoms with E-state index in [1.54, 1.807) is 6.33 Å². The lowest BCUT2D eigenvalue weighted by atomic mass is 10.2. The summed E-state index contributed by atoms with van der Waals surface area (Å²) in [6, 6.07) is 3.86. The quantitative estimate of drug-likeness (QED) is 0.596. The number of aromatic amines is 1. The van der Waals surface area contributed by atoms with Crippen LogP contribution in [0.15, 0.2) is 23.6 Å². The van der Waals surface area contributed by atoms with E-state index in [0.717, 1.165) is 21.6 Å². The SMILES string of the molecule is O=C1CC=c2ccc3[nH]cnc3c2=NN1. The number of hydrogen-bond donors (Lipinski definition) is 2. The maximum atomic E-state index is 11.2. The zero-order valence-electron chi connectivity index (χ0n) is 7.82. The van der Waals surface area contributed by atoms with Crippen LogP contribution >= 0.6 is 0 Å². The van der Waals surface area contributed by atoms with E-state index in [1.165, 1.54) is 0 Å². The van der Waals surface area contributed by atoms with Gasteiger partial charge in [-0.3, -0.25) is 4.79 Å². The number of rotatable bonds is 0. The summed E-state index contributed by atoms with van der Waals surface area (Å²) in [5.41, 5.74) is 4.19. The second-order valence-corrected chi connectivity index (χ2v) is 3.36. The van der Waals surface area contributed by atoms with E-state index in [0.29, 0.717) is 6.42 Å². The smallest absolute Gasteiger partial charge is 0.243 e. The zero-order valence-corrected chi connectivity index (χ0v) is 7.82. The Morgan fingerprint density at radius 1 is 1.33 bits per heavy atom. The van der Waals surface area contributed by atoms with Crippen molar-refractivity contribution in [2.45, 2.75) is 6.42 Å². The summed E-state index contributed by atoms with van der Waals surface area (Å²) in [6.45, 7) is 0. The molecule has 0 radical (unpaired) electrons. The van der Waals surface area contributed by atoms with Gasteiger partial charge in [-0.15, -0.1) is 0 Å². The van der Waals surface area contributed by atoms with Crippen molar-refractivity contribution in [1.29, 1.82) is 0 Å². The monoisotopic (exact) mass is 200 g/mol. The van der Waals surface area contributed by atoms with Crippen molar-refractivity contribution in [2.24, 2.45) is 5.10 Å². The molecule has 15 heavy (non-hydrogen) atoms. The molecule has 1 aliphatic heterocycles. The molecule has 2 N–H and O–H groups in total. The third-order valence-electron chi connectivity index (χ3n) is 2.40. The molecule has 1 amide bonds. The number of hydrogen-bond acceptors (Lipinski definition) is 3. The molecule has 1 aromatic heterocycles. The van der Waals surface area contributed by atoms with E-state index >= 15 is 0 Å². The minimum Gasteiger partial charge on any atom is -0.345 e. The molecule has 0 bridgehead atoms. The van der Waals surface area contributed by atoms with Crippen LogP contribution in [0.2, 0.25) is 0 Å². The number of nitrogens with zero attached hydrogens (tertiary/aromatic N) is 2. The minimum absolute atomic E-state index is 0.102. The Bertz CT molecular complexity index is 656. The zero-order chi connectivity index (χ0) is 10.3. The number of fused-ring (bicyclic) bond motifs is 3. The van der Waals surface area contributed by atoms with E-state index in [4.69, 9.17) is 0 Å². The van der Waals surface area contributed by atoms with Gasteiger partial charge >= 0.3 is 0 Å². The fourth-order valence-electron chi connectivity index (χ4n) is 1.66. The van der Waals surface area contributed by atoms with Crippen molar-refractivity contribution in [1.82, 2.24) is 15.4 Å². The molecule has 2 heterocycles. The van der Waals surface area contributed by atoms with Gasteiger partial charge in [0.1, 0.15) is 10.9 Å². The molecule has 0 unspecified atom stereocenters. The van der Waals surface area contributed by atoms with Crippen LogP contribution in [0.25, 0.3) is 17.1 Å². The first-order chi connectivity index (χ1) is 7.34. The largest absolute Gasteiger partial charge is 0.345 e. The Morgan fingerprint density at radius 3 is 3.20 bits per heavy atom. The molecule has 3 rings (SSSR count). The van der Waals surface area contributed by atoms with Gasteiger partial charge in [-0.1, -0.05) is 12.1 Å². The summed E-state index contributed by atoms with van der Waals surface area (Å²) in [5, 5.41) is 5.71. The molecule has 0 atom stereocenters. The van der Waals surface area contributed by atoms with Crippen molar-refractivity contribution in [3.05, 3.63) is 29.0 Å². The van der Waals surface area contributed by atoms with Gasteiger partial charge in [0.2, 0.25) is 5.91 Å². The standard InChI is InChI=1S/C10H8N4O/c15-8-4-2-6-1-3-7-10(12-5-11-7)9(6)14-13-8/h1-3,5H,4H2,(H,11,12)(H,13,15). The van der Waals surface area contributed by atoms with Crippen molar-refractivity contribution in [3.63, 3.8) is 0 Å². The van der Waals surface area contributed by atoms with Crippen LogP contribution in [0.4, 0.5) is 0 Å². The summed E-state index contributed by atoms with van der Waals surface area (Å²) in [7, 11) is 0. The van der Waals surface area contributed by atoms with Crippen molar-refractivity contribution in [3.8, 4) is 0 Å². The second-order valence-electron chi connectivity index (χ2n) is 3.36. The molecular formula is C10H8N4O. The van der Waals surface area contributed by atoms with Crippen LogP contribution in [-0.2, 0) is 4.79 Å². The number of nitrogens with one attached hydrogen (secondary N) is 2. The summed E-state index contributed by atoms with van der Waals surface area (Å²) in [4.78, 5) is 18.3. The van der Waals surface area contributed by atoms with Gasteiger partial charge < -0.3 is 4.98 Å². The molecule has 5 nitrogen and oxygen atoms in total. The average molecular weight is 200 g/mol. The number of carbonyl (C=O) groups excluding carboxylic acids is 1. The predicted octanol–water partition coefficient (Wildman–Crippen LogP) is -0.602. The highest BCUT2D eigenvalue weighted by Crippen LogP contribution is 2.00. The summed E-state index contributed by atoms with van der Waals surface area (Å²) >= 11 is 0. The van der Waals surface area contributed by atoms with Crippen molar-refractivity contribution >= 4 is 23.0 Å². The number of H-pyrrole nitrogens is 1. The van der Waals surface area contributed by atoms with Crippen LogP contribution in [-0.4, -0.2) is 15.9 Å². The van der Waals surface area contributed by atoms with Crippen LogP contribution in [0, 0.1) is 0 Å². The Labute approximate surface area is 84.5 Å². The van der Waals surface area contributed by atoms with E-state index in [9.17, 15) is 4.79 Å². The van der Waals surface area contributed by atoms with Crippen LogP contribution in [0.5, 0.6) is 0 Å². The van der Waals surface area contributed by atoms with Gasteiger partial charge in [0.15, 0.2) is 0 Å². The molecule has 0 spiro atoms. The molecule has 5 heteroatoms. The van der Waals surface area contributed by atoms with Crippen LogP contribution in [0.3, 0.4) is 0 Å². The van der Waals surface area contributed by atoms with Gasteiger partial charge in [0, 0.05) is 11.6 Å². The van der Waals surface area contributed by atoms with Crippen LogP contribution < -0.4 is 16.0 Å². The molecule has 1 aromatic carbocycles. The summed E-state index contributed by atoms with van der Waals surface area (Å²) in [6.07, 6.45) is 3.83. The van der Waals surface area contributed by atoms with E-state index < -0.39 is 0 Å².